The fourth-order valence-corrected chi connectivity index (χ4v) is 1.57. The standard InChI is InChI=1S/C13H10FNO3/c1-18-12-7-8(2-3-10(12)14)9-4-5-15-11(6-9)13(16)17/h2-7H,1H3,(H,16,17). The van der Waals surface area contributed by atoms with E-state index in [1.807, 2.05) is 0 Å². The maximum absolute atomic E-state index is 13.3. The van der Waals surface area contributed by atoms with Gasteiger partial charge in [0.1, 0.15) is 5.69 Å². The summed E-state index contributed by atoms with van der Waals surface area (Å²) in [5, 5.41) is 8.85. The summed E-state index contributed by atoms with van der Waals surface area (Å²) in [4.78, 5) is 14.5. The first-order valence-corrected chi connectivity index (χ1v) is 5.15. The van der Waals surface area contributed by atoms with Crippen LogP contribution < -0.4 is 4.74 Å². The van der Waals surface area contributed by atoms with Crippen LogP contribution in [0.4, 0.5) is 4.39 Å². The minimum Gasteiger partial charge on any atom is -0.494 e. The van der Waals surface area contributed by atoms with Crippen molar-refractivity contribution in [2.24, 2.45) is 0 Å². The van der Waals surface area contributed by atoms with E-state index in [2.05, 4.69) is 4.98 Å². The molecule has 4 nitrogen and oxygen atoms in total. The van der Waals surface area contributed by atoms with E-state index in [-0.39, 0.29) is 11.4 Å². The first-order chi connectivity index (χ1) is 8.61. The summed E-state index contributed by atoms with van der Waals surface area (Å²) in [5.41, 5.74) is 1.25. The zero-order valence-electron chi connectivity index (χ0n) is 9.55. The van der Waals surface area contributed by atoms with E-state index in [1.54, 1.807) is 12.1 Å². The van der Waals surface area contributed by atoms with Gasteiger partial charge in [-0.2, -0.15) is 0 Å². The number of methoxy groups -OCH3 is 1. The van der Waals surface area contributed by atoms with E-state index in [4.69, 9.17) is 9.84 Å². The molecule has 1 N–H and O–H groups in total. The highest BCUT2D eigenvalue weighted by Crippen LogP contribution is 2.26. The van der Waals surface area contributed by atoms with Gasteiger partial charge in [0.05, 0.1) is 7.11 Å². The number of hydrogen-bond donors (Lipinski definition) is 1. The lowest BCUT2D eigenvalue weighted by Gasteiger charge is -2.06. The largest absolute Gasteiger partial charge is 0.494 e. The van der Waals surface area contributed by atoms with Crippen molar-refractivity contribution in [3.05, 3.63) is 48.0 Å². The molecule has 1 aromatic heterocycles. The lowest BCUT2D eigenvalue weighted by atomic mass is 10.1. The molecule has 18 heavy (non-hydrogen) atoms. The maximum Gasteiger partial charge on any atom is 0.354 e. The quantitative estimate of drug-likeness (QED) is 0.905. The Kier molecular flexibility index (Phi) is 3.23. The van der Waals surface area contributed by atoms with Crippen LogP contribution in [0.1, 0.15) is 10.5 Å². The Bertz CT molecular complexity index is 599. The van der Waals surface area contributed by atoms with Gasteiger partial charge in [0, 0.05) is 6.20 Å². The number of halogens is 1. The zero-order valence-corrected chi connectivity index (χ0v) is 9.55. The third-order valence-corrected chi connectivity index (χ3v) is 2.46. The zero-order chi connectivity index (χ0) is 13.1. The van der Waals surface area contributed by atoms with Crippen LogP contribution in [-0.4, -0.2) is 23.2 Å². The van der Waals surface area contributed by atoms with E-state index < -0.39 is 11.8 Å². The molecule has 0 saturated carbocycles. The topological polar surface area (TPSA) is 59.4 Å². The molecule has 1 aromatic carbocycles. The molecular formula is C13H10FNO3. The summed E-state index contributed by atoms with van der Waals surface area (Å²) in [5.74, 6) is -1.46. The average Bonchev–Trinajstić information content (AvgIpc) is 2.39. The van der Waals surface area contributed by atoms with Crippen LogP contribution in [0, 0.1) is 5.82 Å². The number of aromatic nitrogens is 1. The first-order valence-electron chi connectivity index (χ1n) is 5.15. The molecule has 0 radical (unpaired) electrons. The van der Waals surface area contributed by atoms with Gasteiger partial charge in [-0.1, -0.05) is 6.07 Å². The van der Waals surface area contributed by atoms with E-state index in [9.17, 15) is 9.18 Å². The van der Waals surface area contributed by atoms with E-state index in [0.29, 0.717) is 11.1 Å². The van der Waals surface area contributed by atoms with Gasteiger partial charge >= 0.3 is 5.97 Å². The summed E-state index contributed by atoms with van der Waals surface area (Å²) in [7, 11) is 1.37. The van der Waals surface area contributed by atoms with Crippen LogP contribution >= 0.6 is 0 Å². The lowest BCUT2D eigenvalue weighted by molar-refractivity contribution is 0.0690. The number of aromatic carboxylic acids is 1. The second-order valence-electron chi connectivity index (χ2n) is 3.58. The molecule has 0 saturated heterocycles. The van der Waals surface area contributed by atoms with Gasteiger partial charge in [0.2, 0.25) is 0 Å². The summed E-state index contributed by atoms with van der Waals surface area (Å²) in [6.45, 7) is 0. The number of nitrogens with zero attached hydrogens (tertiary/aromatic N) is 1. The van der Waals surface area contributed by atoms with Crippen LogP contribution in [0.2, 0.25) is 0 Å². The molecular weight excluding hydrogens is 237 g/mol. The monoisotopic (exact) mass is 247 g/mol. The molecule has 0 aliphatic carbocycles. The van der Waals surface area contributed by atoms with Gasteiger partial charge in [0.15, 0.2) is 11.6 Å². The smallest absolute Gasteiger partial charge is 0.354 e. The van der Waals surface area contributed by atoms with Crippen molar-refractivity contribution in [2.75, 3.05) is 7.11 Å². The van der Waals surface area contributed by atoms with Crippen molar-refractivity contribution in [2.45, 2.75) is 0 Å². The Morgan fingerprint density at radius 3 is 2.67 bits per heavy atom. The minimum atomic E-state index is -1.11. The maximum atomic E-state index is 13.3. The molecule has 0 spiro atoms. The van der Waals surface area contributed by atoms with Gasteiger partial charge in [-0.3, -0.25) is 0 Å². The molecule has 0 fully saturated rings. The van der Waals surface area contributed by atoms with Crippen molar-refractivity contribution in [3.63, 3.8) is 0 Å². The first kappa shape index (κ1) is 12.0. The Morgan fingerprint density at radius 2 is 2.00 bits per heavy atom. The molecule has 0 aliphatic heterocycles. The summed E-state index contributed by atoms with van der Waals surface area (Å²) in [6, 6.07) is 7.41. The molecule has 92 valence electrons. The number of carboxylic acids is 1. The highest BCUT2D eigenvalue weighted by atomic mass is 19.1. The Balaban J connectivity index is 2.48. The summed E-state index contributed by atoms with van der Waals surface area (Å²) >= 11 is 0. The van der Waals surface area contributed by atoms with Crippen LogP contribution in [0.25, 0.3) is 11.1 Å². The van der Waals surface area contributed by atoms with Crippen LogP contribution in [0.3, 0.4) is 0 Å². The van der Waals surface area contributed by atoms with Crippen LogP contribution in [-0.2, 0) is 0 Å². The third-order valence-electron chi connectivity index (χ3n) is 2.46. The highest BCUT2D eigenvalue weighted by Gasteiger charge is 2.09. The molecule has 0 amide bonds. The average molecular weight is 247 g/mol. The molecule has 5 heteroatoms. The molecule has 2 rings (SSSR count). The van der Waals surface area contributed by atoms with Crippen LogP contribution in [0.5, 0.6) is 5.75 Å². The number of carbonyl (C=O) groups is 1. The SMILES string of the molecule is COc1cc(-c2ccnc(C(=O)O)c2)ccc1F. The number of pyridine rings is 1. The molecule has 0 unspecified atom stereocenters. The summed E-state index contributed by atoms with van der Waals surface area (Å²) in [6.07, 6.45) is 1.40. The normalized spacial score (nSPS) is 10.1. The van der Waals surface area contributed by atoms with Crippen LogP contribution in [0.15, 0.2) is 36.5 Å². The fraction of sp³-hybridized carbons (Fsp3) is 0.0769. The van der Waals surface area contributed by atoms with E-state index in [0.717, 1.165) is 0 Å². The van der Waals surface area contributed by atoms with Gasteiger partial charge < -0.3 is 9.84 Å². The molecule has 1 heterocycles. The second-order valence-corrected chi connectivity index (χ2v) is 3.58. The van der Waals surface area contributed by atoms with Gasteiger partial charge in [-0.25, -0.2) is 14.2 Å². The second kappa shape index (κ2) is 4.83. The van der Waals surface area contributed by atoms with Gasteiger partial charge in [-0.15, -0.1) is 0 Å². The highest BCUT2D eigenvalue weighted by molar-refractivity contribution is 5.87. The minimum absolute atomic E-state index is 0.0595. The van der Waals surface area contributed by atoms with Gasteiger partial charge in [-0.05, 0) is 35.4 Å². The predicted molar refractivity (Wildman–Crippen MR) is 63.1 cm³/mol. The lowest BCUT2D eigenvalue weighted by Crippen LogP contribution is -1.99. The van der Waals surface area contributed by atoms with E-state index in [1.165, 1.54) is 31.5 Å². The number of rotatable bonds is 3. The predicted octanol–water partition coefficient (Wildman–Crippen LogP) is 2.59. The van der Waals surface area contributed by atoms with Crippen molar-refractivity contribution >= 4 is 5.97 Å². The molecule has 0 atom stereocenters. The van der Waals surface area contributed by atoms with Gasteiger partial charge in [0.25, 0.3) is 0 Å². The van der Waals surface area contributed by atoms with Crippen molar-refractivity contribution < 1.29 is 19.0 Å². The Labute approximate surface area is 103 Å². The number of ether oxygens (including phenoxy) is 1. The van der Waals surface area contributed by atoms with Crippen molar-refractivity contribution in [3.8, 4) is 16.9 Å². The number of hydrogen-bond acceptors (Lipinski definition) is 3. The molecule has 0 aliphatic rings. The third kappa shape index (κ3) is 2.29. The van der Waals surface area contributed by atoms with Crippen molar-refractivity contribution in [1.82, 2.24) is 4.98 Å². The Morgan fingerprint density at radius 1 is 1.28 bits per heavy atom. The van der Waals surface area contributed by atoms with E-state index >= 15 is 0 Å². The fourth-order valence-electron chi connectivity index (χ4n) is 1.57. The number of benzene rings is 1. The van der Waals surface area contributed by atoms with Crippen molar-refractivity contribution in [1.29, 1.82) is 0 Å². The Hall–Kier alpha value is -2.43. The summed E-state index contributed by atoms with van der Waals surface area (Å²) < 4.78 is 18.1. The number of carboxylic acid groups (broad SMARTS) is 1. The molecule has 0 bridgehead atoms. The molecule has 2 aromatic rings.